The second kappa shape index (κ2) is 8.34. The Kier molecular flexibility index (Phi) is 9.14. The molecule has 7 heteroatoms. The second-order valence-electron chi connectivity index (χ2n) is 2.10. The van der Waals surface area contributed by atoms with Gasteiger partial charge in [-0.05, 0) is 12.1 Å². The molecule has 0 fully saturated rings. The smallest absolute Gasteiger partial charge is 0.406 e. The summed E-state index contributed by atoms with van der Waals surface area (Å²) in [5, 5.41) is 0. The van der Waals surface area contributed by atoms with Crippen molar-refractivity contribution in [2.75, 3.05) is 7.11 Å². The van der Waals surface area contributed by atoms with Crippen molar-refractivity contribution in [1.29, 1.82) is 0 Å². The number of benzene rings is 1. The van der Waals surface area contributed by atoms with E-state index in [1.165, 1.54) is 31.4 Å². The average molecular weight is 246 g/mol. The zero-order valence-electron chi connectivity index (χ0n) is 7.82. The van der Waals surface area contributed by atoms with E-state index in [4.69, 9.17) is 0 Å². The summed E-state index contributed by atoms with van der Waals surface area (Å²) in [6.45, 7) is 0. The third-order valence-electron chi connectivity index (χ3n) is 0.977. The van der Waals surface area contributed by atoms with Crippen molar-refractivity contribution < 1.29 is 22.7 Å². The van der Waals surface area contributed by atoms with Crippen LogP contribution in [0.4, 0.5) is 13.2 Å². The maximum absolute atomic E-state index is 11.5. The SMILES string of the molecule is CON.Cl.FC(F)(F)Oc1ccccc1. The quantitative estimate of drug-likeness (QED) is 0.774. The van der Waals surface area contributed by atoms with Gasteiger partial charge in [0.1, 0.15) is 5.75 Å². The molecule has 1 aromatic carbocycles. The van der Waals surface area contributed by atoms with Gasteiger partial charge >= 0.3 is 6.36 Å². The van der Waals surface area contributed by atoms with Gasteiger partial charge in [0, 0.05) is 0 Å². The van der Waals surface area contributed by atoms with Gasteiger partial charge in [-0.15, -0.1) is 25.6 Å². The number of rotatable bonds is 1. The second-order valence-corrected chi connectivity index (χ2v) is 2.10. The molecule has 15 heavy (non-hydrogen) atoms. The number of hydrogen-bond acceptors (Lipinski definition) is 3. The van der Waals surface area contributed by atoms with Crippen LogP contribution >= 0.6 is 12.4 Å². The molecule has 0 aliphatic rings. The van der Waals surface area contributed by atoms with Crippen molar-refractivity contribution in [2.24, 2.45) is 5.90 Å². The van der Waals surface area contributed by atoms with Crippen molar-refractivity contribution in [2.45, 2.75) is 6.36 Å². The van der Waals surface area contributed by atoms with Crippen molar-refractivity contribution in [1.82, 2.24) is 0 Å². The van der Waals surface area contributed by atoms with E-state index < -0.39 is 6.36 Å². The molecule has 0 aliphatic carbocycles. The molecular weight excluding hydrogens is 235 g/mol. The van der Waals surface area contributed by atoms with E-state index in [0.29, 0.717) is 0 Å². The summed E-state index contributed by atoms with van der Waals surface area (Å²) in [6.07, 6.45) is -4.60. The maximum Gasteiger partial charge on any atom is 0.573 e. The lowest BCUT2D eigenvalue weighted by molar-refractivity contribution is -0.274. The van der Waals surface area contributed by atoms with Crippen LogP contribution in [-0.4, -0.2) is 13.5 Å². The Morgan fingerprint density at radius 3 is 1.87 bits per heavy atom. The number of halogens is 4. The summed E-state index contributed by atoms with van der Waals surface area (Å²) in [6, 6.07) is 7.05. The summed E-state index contributed by atoms with van der Waals surface area (Å²) >= 11 is 0. The van der Waals surface area contributed by atoms with E-state index in [1.54, 1.807) is 6.07 Å². The van der Waals surface area contributed by atoms with Gasteiger partial charge in [-0.1, -0.05) is 18.2 Å². The topological polar surface area (TPSA) is 44.5 Å². The molecule has 0 radical (unpaired) electrons. The van der Waals surface area contributed by atoms with Gasteiger partial charge in [0.15, 0.2) is 0 Å². The molecular formula is C8H11ClF3NO2. The van der Waals surface area contributed by atoms with Crippen molar-refractivity contribution >= 4 is 12.4 Å². The fourth-order valence-corrected chi connectivity index (χ4v) is 0.622. The normalized spacial score (nSPS) is 9.40. The molecule has 0 heterocycles. The minimum absolute atomic E-state index is 0. The molecule has 0 saturated carbocycles. The van der Waals surface area contributed by atoms with Gasteiger partial charge in [0.05, 0.1) is 7.11 Å². The highest BCUT2D eigenvalue weighted by Crippen LogP contribution is 2.21. The highest BCUT2D eigenvalue weighted by Gasteiger charge is 2.30. The Morgan fingerprint density at radius 2 is 1.53 bits per heavy atom. The van der Waals surface area contributed by atoms with Gasteiger partial charge in [0.2, 0.25) is 0 Å². The highest BCUT2D eigenvalue weighted by molar-refractivity contribution is 5.85. The number of para-hydroxylation sites is 1. The summed E-state index contributed by atoms with van der Waals surface area (Å²) < 4.78 is 38.2. The van der Waals surface area contributed by atoms with Crippen LogP contribution in [0.2, 0.25) is 0 Å². The van der Waals surface area contributed by atoms with Crippen molar-refractivity contribution in [3.63, 3.8) is 0 Å². The number of hydrogen-bond donors (Lipinski definition) is 1. The molecule has 0 unspecified atom stereocenters. The van der Waals surface area contributed by atoms with Crippen molar-refractivity contribution in [3.8, 4) is 5.75 Å². The molecule has 0 atom stereocenters. The molecule has 0 amide bonds. The van der Waals surface area contributed by atoms with Crippen molar-refractivity contribution in [3.05, 3.63) is 30.3 Å². The molecule has 1 rings (SSSR count). The zero-order valence-corrected chi connectivity index (χ0v) is 8.64. The fraction of sp³-hybridized carbons (Fsp3) is 0.250. The molecule has 1 aromatic rings. The first-order valence-corrected chi connectivity index (χ1v) is 3.53. The van der Waals surface area contributed by atoms with Crippen LogP contribution in [0.15, 0.2) is 30.3 Å². The van der Waals surface area contributed by atoms with E-state index >= 15 is 0 Å². The lowest BCUT2D eigenvalue weighted by Gasteiger charge is -2.07. The highest BCUT2D eigenvalue weighted by atomic mass is 35.5. The minimum Gasteiger partial charge on any atom is -0.406 e. The molecule has 0 aliphatic heterocycles. The summed E-state index contributed by atoms with van der Waals surface area (Å²) in [5.41, 5.74) is 0. The Balaban J connectivity index is 0. The molecule has 0 saturated heterocycles. The van der Waals surface area contributed by atoms with E-state index in [-0.39, 0.29) is 18.2 Å². The van der Waals surface area contributed by atoms with Gasteiger partial charge in [-0.2, -0.15) is 0 Å². The molecule has 0 spiro atoms. The van der Waals surface area contributed by atoms with Crippen LogP contribution in [0.1, 0.15) is 0 Å². The Bertz CT molecular complexity index is 243. The van der Waals surface area contributed by atoms with Crippen LogP contribution in [0.3, 0.4) is 0 Å². The zero-order chi connectivity index (χ0) is 11.0. The molecule has 0 aromatic heterocycles. The molecule has 88 valence electrons. The first kappa shape index (κ1) is 16.4. The van der Waals surface area contributed by atoms with Crippen LogP contribution in [0.25, 0.3) is 0 Å². The van der Waals surface area contributed by atoms with E-state index in [9.17, 15) is 13.2 Å². The average Bonchev–Trinajstić information content (AvgIpc) is 2.04. The molecule has 2 N–H and O–H groups in total. The monoisotopic (exact) mass is 245 g/mol. The predicted octanol–water partition coefficient (Wildman–Crippen LogP) is 2.51. The van der Waals surface area contributed by atoms with Crippen LogP contribution < -0.4 is 10.6 Å². The van der Waals surface area contributed by atoms with Crippen LogP contribution in [0.5, 0.6) is 5.75 Å². The van der Waals surface area contributed by atoms with Gasteiger partial charge in [-0.3, -0.25) is 0 Å². The minimum atomic E-state index is -4.60. The Hall–Kier alpha value is -0.980. The summed E-state index contributed by atoms with van der Waals surface area (Å²) in [7, 11) is 1.40. The first-order valence-electron chi connectivity index (χ1n) is 3.53. The lowest BCUT2D eigenvalue weighted by Crippen LogP contribution is -2.16. The van der Waals surface area contributed by atoms with E-state index in [1.807, 2.05) is 0 Å². The maximum atomic E-state index is 11.5. The molecule has 0 bridgehead atoms. The predicted molar refractivity (Wildman–Crippen MR) is 51.6 cm³/mol. The third kappa shape index (κ3) is 10.9. The largest absolute Gasteiger partial charge is 0.573 e. The molecule has 3 nitrogen and oxygen atoms in total. The van der Waals surface area contributed by atoms with Gasteiger partial charge < -0.3 is 9.57 Å². The van der Waals surface area contributed by atoms with Crippen LogP contribution in [-0.2, 0) is 4.84 Å². The standard InChI is InChI=1S/C7H5F3O.CH5NO.ClH/c8-7(9,10)11-6-4-2-1-3-5-6;1-3-2;/h1-5H;2H2,1H3;1H. The van der Waals surface area contributed by atoms with E-state index in [0.717, 1.165) is 0 Å². The fourth-order valence-electron chi connectivity index (χ4n) is 0.622. The summed E-state index contributed by atoms with van der Waals surface area (Å²) in [4.78, 5) is 3.75. The first-order chi connectivity index (χ1) is 6.49. The Morgan fingerprint density at radius 1 is 1.13 bits per heavy atom. The Labute approximate surface area is 91.3 Å². The van der Waals surface area contributed by atoms with Gasteiger partial charge in [-0.25, -0.2) is 5.90 Å². The number of nitrogens with two attached hydrogens (primary N) is 1. The third-order valence-corrected chi connectivity index (χ3v) is 0.977. The number of ether oxygens (including phenoxy) is 1. The summed E-state index contributed by atoms with van der Waals surface area (Å²) in [5.74, 6) is 4.15. The number of alkyl halides is 3. The van der Waals surface area contributed by atoms with Crippen LogP contribution in [0, 0.1) is 0 Å². The lowest BCUT2D eigenvalue weighted by atomic mass is 10.3. The van der Waals surface area contributed by atoms with Gasteiger partial charge in [0.25, 0.3) is 0 Å². The van der Waals surface area contributed by atoms with E-state index in [2.05, 4.69) is 15.5 Å².